The molecule has 1 unspecified atom stereocenters. The zero-order valence-electron chi connectivity index (χ0n) is 32.3. The molecule has 3 fully saturated rings. The van der Waals surface area contributed by atoms with Gasteiger partial charge in [-0.1, -0.05) is 129 Å². The van der Waals surface area contributed by atoms with Crippen LogP contribution in [0.2, 0.25) is 0 Å². The van der Waals surface area contributed by atoms with Gasteiger partial charge in [0.15, 0.2) is 0 Å². The molecule has 4 rings (SSSR count). The summed E-state index contributed by atoms with van der Waals surface area (Å²) in [5.41, 5.74) is 1.71. The summed E-state index contributed by atoms with van der Waals surface area (Å²) in [6.45, 7) is 14.6. The van der Waals surface area contributed by atoms with Gasteiger partial charge < -0.3 is 9.84 Å². The Balaban J connectivity index is 1.22. The average molecular weight is 665 g/mol. The molecule has 0 aromatic carbocycles. The molecule has 0 aliphatic heterocycles. The van der Waals surface area contributed by atoms with Gasteiger partial charge >= 0.3 is 5.97 Å². The van der Waals surface area contributed by atoms with Crippen LogP contribution in [-0.4, -0.2) is 23.3 Å². The van der Waals surface area contributed by atoms with Crippen molar-refractivity contribution in [1.29, 1.82) is 0 Å². The molecular formula is C45H76O3. The van der Waals surface area contributed by atoms with Crippen molar-refractivity contribution < 1.29 is 14.6 Å². The van der Waals surface area contributed by atoms with Crippen LogP contribution in [-0.2, 0) is 9.53 Å². The normalized spacial score (nSPS) is 33.9. The molecule has 3 heteroatoms. The van der Waals surface area contributed by atoms with Crippen molar-refractivity contribution in [3.05, 3.63) is 36.0 Å². The fourth-order valence-corrected chi connectivity index (χ4v) is 11.2. The standard InChI is InChI=1S/C45H76O3/c1-7-8-9-10-11-12-13-14-15-16-17-18-19-20-21-25-43(47)48-42-33-37(46)32-36-26-27-38-40-29-28-39(35(4)24-22-23-34(2)3)44(40,5)31-30-41(38)45(36,42)6/h11-12,14-15,26,34-35,37-42,46H,7-10,13,16-25,27-33H2,1-6H3/b12-11-,15-14-/t35-,37-,38+,39-,40+,41+,42?,44-,45+/m1/s1. The molecule has 0 bridgehead atoms. The Morgan fingerprint density at radius 3 is 2.33 bits per heavy atom. The maximum absolute atomic E-state index is 13.3. The highest BCUT2D eigenvalue weighted by Crippen LogP contribution is 2.67. The zero-order valence-corrected chi connectivity index (χ0v) is 32.3. The molecule has 9 atom stereocenters. The summed E-state index contributed by atoms with van der Waals surface area (Å²) in [6, 6.07) is 0. The van der Waals surface area contributed by atoms with Crippen molar-refractivity contribution in [1.82, 2.24) is 0 Å². The third kappa shape index (κ3) is 10.1. The number of carbonyl (C=O) groups is 1. The Labute approximate surface area is 297 Å². The Kier molecular flexibility index (Phi) is 15.9. The number of aliphatic hydroxyl groups excluding tert-OH is 1. The van der Waals surface area contributed by atoms with E-state index in [-0.39, 0.29) is 17.5 Å². The molecule has 0 amide bonds. The molecule has 3 saturated carbocycles. The molecule has 48 heavy (non-hydrogen) atoms. The van der Waals surface area contributed by atoms with E-state index in [0.717, 1.165) is 62.2 Å². The Hall–Kier alpha value is -1.35. The second-order valence-electron chi connectivity index (χ2n) is 17.7. The van der Waals surface area contributed by atoms with Gasteiger partial charge in [-0.2, -0.15) is 0 Å². The van der Waals surface area contributed by atoms with Gasteiger partial charge in [-0.25, -0.2) is 0 Å². The summed E-state index contributed by atoms with van der Waals surface area (Å²) in [7, 11) is 0. The number of esters is 1. The van der Waals surface area contributed by atoms with Crippen molar-refractivity contribution in [2.24, 2.45) is 46.3 Å². The monoisotopic (exact) mass is 665 g/mol. The van der Waals surface area contributed by atoms with Crippen LogP contribution in [0.4, 0.5) is 0 Å². The van der Waals surface area contributed by atoms with Crippen LogP contribution in [0.3, 0.4) is 0 Å². The first-order valence-corrected chi connectivity index (χ1v) is 21.0. The predicted molar refractivity (Wildman–Crippen MR) is 204 cm³/mol. The van der Waals surface area contributed by atoms with E-state index in [9.17, 15) is 9.90 Å². The maximum Gasteiger partial charge on any atom is 0.306 e. The van der Waals surface area contributed by atoms with Gasteiger partial charge in [0.25, 0.3) is 0 Å². The van der Waals surface area contributed by atoms with Crippen LogP contribution in [0.5, 0.6) is 0 Å². The summed E-state index contributed by atoms with van der Waals surface area (Å²) in [5, 5.41) is 10.9. The van der Waals surface area contributed by atoms with Gasteiger partial charge in [0.05, 0.1) is 6.10 Å². The molecule has 3 nitrogen and oxygen atoms in total. The Morgan fingerprint density at radius 2 is 1.60 bits per heavy atom. The van der Waals surface area contributed by atoms with Gasteiger partial charge in [-0.3, -0.25) is 4.79 Å². The average Bonchev–Trinajstić information content (AvgIpc) is 3.40. The molecule has 0 aromatic rings. The van der Waals surface area contributed by atoms with Gasteiger partial charge in [0.1, 0.15) is 6.10 Å². The number of rotatable bonds is 20. The number of aliphatic hydroxyl groups is 1. The van der Waals surface area contributed by atoms with E-state index in [1.165, 1.54) is 95.5 Å². The molecule has 274 valence electrons. The minimum absolute atomic E-state index is 0.0423. The van der Waals surface area contributed by atoms with Gasteiger partial charge in [0, 0.05) is 18.3 Å². The van der Waals surface area contributed by atoms with Crippen LogP contribution >= 0.6 is 0 Å². The molecule has 0 saturated heterocycles. The number of unbranched alkanes of at least 4 members (excludes halogenated alkanes) is 8. The van der Waals surface area contributed by atoms with Crippen LogP contribution in [0.15, 0.2) is 36.0 Å². The predicted octanol–water partition coefficient (Wildman–Crippen LogP) is 12.7. The van der Waals surface area contributed by atoms with E-state index in [1.54, 1.807) is 0 Å². The lowest BCUT2D eigenvalue weighted by atomic mass is 9.46. The molecule has 4 aliphatic carbocycles. The largest absolute Gasteiger partial charge is 0.461 e. The molecule has 1 N–H and O–H groups in total. The number of carbonyl (C=O) groups excluding carboxylic acids is 1. The second-order valence-corrected chi connectivity index (χ2v) is 17.7. The molecule has 0 radical (unpaired) electrons. The first-order valence-electron chi connectivity index (χ1n) is 21.0. The third-order valence-electron chi connectivity index (χ3n) is 14.0. The van der Waals surface area contributed by atoms with Crippen molar-refractivity contribution in [2.45, 2.75) is 195 Å². The van der Waals surface area contributed by atoms with Crippen molar-refractivity contribution in [2.75, 3.05) is 0 Å². The summed E-state index contributed by atoms with van der Waals surface area (Å²) < 4.78 is 6.41. The van der Waals surface area contributed by atoms with E-state index in [2.05, 4.69) is 71.9 Å². The van der Waals surface area contributed by atoms with Crippen molar-refractivity contribution >= 4 is 5.97 Å². The van der Waals surface area contributed by atoms with Crippen molar-refractivity contribution in [3.8, 4) is 0 Å². The number of ether oxygens (including phenoxy) is 1. The fourth-order valence-electron chi connectivity index (χ4n) is 11.2. The number of allylic oxidation sites excluding steroid dienone is 5. The van der Waals surface area contributed by atoms with Gasteiger partial charge in [-0.05, 0) is 118 Å². The topological polar surface area (TPSA) is 46.5 Å². The fraction of sp³-hybridized carbons (Fsp3) is 0.844. The van der Waals surface area contributed by atoms with E-state index in [4.69, 9.17) is 4.74 Å². The summed E-state index contributed by atoms with van der Waals surface area (Å²) in [5.74, 6) is 4.45. The quantitative estimate of drug-likeness (QED) is 0.0800. The smallest absolute Gasteiger partial charge is 0.306 e. The number of hydrogen-bond acceptors (Lipinski definition) is 3. The summed E-state index contributed by atoms with van der Waals surface area (Å²) >= 11 is 0. The van der Waals surface area contributed by atoms with Crippen LogP contribution in [0.25, 0.3) is 0 Å². The third-order valence-corrected chi connectivity index (χ3v) is 14.0. The second kappa shape index (κ2) is 19.3. The van der Waals surface area contributed by atoms with Crippen LogP contribution in [0.1, 0.15) is 183 Å². The molecular weight excluding hydrogens is 588 g/mol. The zero-order chi connectivity index (χ0) is 34.6. The highest BCUT2D eigenvalue weighted by molar-refractivity contribution is 5.69. The van der Waals surface area contributed by atoms with E-state index >= 15 is 0 Å². The lowest BCUT2D eigenvalue weighted by Gasteiger charge is -2.60. The Morgan fingerprint density at radius 1 is 0.896 bits per heavy atom. The summed E-state index contributed by atoms with van der Waals surface area (Å²) in [6.07, 6.45) is 36.7. The molecule has 0 spiro atoms. The molecule has 0 aromatic heterocycles. The van der Waals surface area contributed by atoms with Crippen LogP contribution < -0.4 is 0 Å². The minimum atomic E-state index is -0.397. The molecule has 0 heterocycles. The van der Waals surface area contributed by atoms with E-state index < -0.39 is 6.10 Å². The highest BCUT2D eigenvalue weighted by atomic mass is 16.5. The lowest BCUT2D eigenvalue weighted by molar-refractivity contribution is -0.169. The van der Waals surface area contributed by atoms with E-state index in [1.807, 2.05) is 0 Å². The lowest BCUT2D eigenvalue weighted by Crippen LogP contribution is -2.56. The van der Waals surface area contributed by atoms with E-state index in [0.29, 0.717) is 30.1 Å². The molecule has 4 aliphatic rings. The Bertz CT molecular complexity index is 1050. The van der Waals surface area contributed by atoms with Crippen LogP contribution in [0, 0.1) is 46.3 Å². The first-order chi connectivity index (χ1) is 23.1. The maximum atomic E-state index is 13.3. The number of fused-ring (bicyclic) bond motifs is 5. The first kappa shape index (κ1) is 39.4. The summed E-state index contributed by atoms with van der Waals surface area (Å²) in [4.78, 5) is 13.3. The number of hydrogen-bond donors (Lipinski definition) is 1. The van der Waals surface area contributed by atoms with Gasteiger partial charge in [-0.15, -0.1) is 0 Å². The minimum Gasteiger partial charge on any atom is -0.461 e. The SMILES string of the molecule is CCCCC/C=C\C/C=C\CCCCCCCC(=O)OC1C[C@H](O)CC2=CC[C@H]3[C@@H]4CC[C@H]([C@H](C)CCCC(C)C)[C@@]4(C)CC[C@@H]3[C@]21C. The highest BCUT2D eigenvalue weighted by Gasteiger charge is 2.61. The van der Waals surface area contributed by atoms with Crippen molar-refractivity contribution in [3.63, 3.8) is 0 Å². The van der Waals surface area contributed by atoms with Gasteiger partial charge in [0.2, 0.25) is 0 Å².